The maximum atomic E-state index is 12.9. The zero-order valence-electron chi connectivity index (χ0n) is 16.4. The van der Waals surface area contributed by atoms with Gasteiger partial charge in [-0.05, 0) is 42.3 Å². The molecule has 0 saturated heterocycles. The van der Waals surface area contributed by atoms with Crippen LogP contribution in [0.1, 0.15) is 40.6 Å². The SMILES string of the molecule is COC(=O)C[C@H](NC(=O)c1ccc2c(=O)n3c(nc2c1)CCC3)c1ccc(Br)cc1. The number of rotatable bonds is 5. The number of nitrogens with one attached hydrogen (secondary N) is 1. The van der Waals surface area contributed by atoms with Gasteiger partial charge in [-0.25, -0.2) is 4.98 Å². The Labute approximate surface area is 181 Å². The maximum absolute atomic E-state index is 12.9. The lowest BCUT2D eigenvalue weighted by atomic mass is 10.0. The number of aryl methyl sites for hydroxylation is 1. The minimum atomic E-state index is -0.549. The van der Waals surface area contributed by atoms with Crippen molar-refractivity contribution < 1.29 is 14.3 Å². The van der Waals surface area contributed by atoms with E-state index in [0.717, 1.165) is 28.7 Å². The van der Waals surface area contributed by atoms with Crippen LogP contribution in [0, 0.1) is 0 Å². The van der Waals surface area contributed by atoms with Crippen LogP contribution in [0.2, 0.25) is 0 Å². The van der Waals surface area contributed by atoms with Crippen LogP contribution in [0.4, 0.5) is 0 Å². The van der Waals surface area contributed by atoms with Gasteiger partial charge in [0, 0.05) is 23.0 Å². The maximum Gasteiger partial charge on any atom is 0.307 e. The third-order valence-electron chi connectivity index (χ3n) is 5.25. The summed E-state index contributed by atoms with van der Waals surface area (Å²) in [5.74, 6) is -0.0217. The first-order valence-electron chi connectivity index (χ1n) is 9.63. The summed E-state index contributed by atoms with van der Waals surface area (Å²) in [4.78, 5) is 42.0. The van der Waals surface area contributed by atoms with Gasteiger partial charge in [-0.2, -0.15) is 0 Å². The molecule has 0 bridgehead atoms. The number of carbonyl (C=O) groups excluding carboxylic acids is 2. The minimum Gasteiger partial charge on any atom is -0.469 e. The Morgan fingerprint density at radius 2 is 2.00 bits per heavy atom. The molecule has 1 aromatic heterocycles. The van der Waals surface area contributed by atoms with Crippen molar-refractivity contribution in [2.24, 2.45) is 0 Å². The number of methoxy groups -OCH3 is 1. The Bertz CT molecular complexity index is 1190. The average Bonchev–Trinajstić information content (AvgIpc) is 3.22. The van der Waals surface area contributed by atoms with E-state index in [1.54, 1.807) is 22.8 Å². The lowest BCUT2D eigenvalue weighted by Crippen LogP contribution is -2.30. The standard InChI is InChI=1S/C22H20BrN3O4/c1-30-20(27)12-17(13-4-7-15(23)8-5-13)25-21(28)14-6-9-16-18(11-14)24-19-3-2-10-26(19)22(16)29/h4-9,11,17H,2-3,10,12H2,1H3,(H,25,28)/t17-/m0/s1. The third kappa shape index (κ3) is 4.00. The Hall–Kier alpha value is -3.00. The summed E-state index contributed by atoms with van der Waals surface area (Å²) in [6, 6.07) is 11.7. The number of fused-ring (bicyclic) bond motifs is 2. The lowest BCUT2D eigenvalue weighted by molar-refractivity contribution is -0.141. The molecule has 7 nitrogen and oxygen atoms in total. The van der Waals surface area contributed by atoms with E-state index in [9.17, 15) is 14.4 Å². The number of halogens is 1. The predicted octanol–water partition coefficient (Wildman–Crippen LogP) is 3.14. The Morgan fingerprint density at radius 1 is 1.23 bits per heavy atom. The van der Waals surface area contributed by atoms with Crippen LogP contribution in [0.5, 0.6) is 0 Å². The van der Waals surface area contributed by atoms with E-state index in [1.165, 1.54) is 7.11 Å². The van der Waals surface area contributed by atoms with Crippen LogP contribution in [0.15, 0.2) is 51.7 Å². The van der Waals surface area contributed by atoms with E-state index < -0.39 is 12.0 Å². The Kier molecular flexibility index (Phi) is 5.67. The van der Waals surface area contributed by atoms with Crippen molar-refractivity contribution in [3.63, 3.8) is 0 Å². The van der Waals surface area contributed by atoms with Crippen molar-refractivity contribution in [1.82, 2.24) is 14.9 Å². The normalized spacial score (nSPS) is 13.7. The number of hydrogen-bond donors (Lipinski definition) is 1. The lowest BCUT2D eigenvalue weighted by Gasteiger charge is -2.18. The van der Waals surface area contributed by atoms with E-state index >= 15 is 0 Å². The summed E-state index contributed by atoms with van der Waals surface area (Å²) in [6.45, 7) is 0.682. The molecule has 1 amide bonds. The van der Waals surface area contributed by atoms with Gasteiger partial charge in [0.05, 0.1) is 30.5 Å². The first-order valence-corrected chi connectivity index (χ1v) is 10.4. The van der Waals surface area contributed by atoms with Crippen molar-refractivity contribution in [1.29, 1.82) is 0 Å². The number of aromatic nitrogens is 2. The molecule has 3 aromatic rings. The predicted molar refractivity (Wildman–Crippen MR) is 115 cm³/mol. The van der Waals surface area contributed by atoms with Crippen molar-refractivity contribution >= 4 is 38.7 Å². The van der Waals surface area contributed by atoms with Gasteiger partial charge < -0.3 is 10.1 Å². The van der Waals surface area contributed by atoms with Crippen LogP contribution in [-0.2, 0) is 22.5 Å². The molecule has 154 valence electrons. The topological polar surface area (TPSA) is 90.3 Å². The van der Waals surface area contributed by atoms with E-state index in [0.29, 0.717) is 23.0 Å². The smallest absolute Gasteiger partial charge is 0.307 e. The molecular weight excluding hydrogens is 450 g/mol. The molecule has 0 unspecified atom stereocenters. The van der Waals surface area contributed by atoms with Crippen LogP contribution < -0.4 is 10.9 Å². The van der Waals surface area contributed by atoms with Gasteiger partial charge in [0.2, 0.25) is 0 Å². The molecule has 30 heavy (non-hydrogen) atoms. The summed E-state index contributed by atoms with van der Waals surface area (Å²) in [5, 5.41) is 3.40. The summed E-state index contributed by atoms with van der Waals surface area (Å²) in [6.07, 6.45) is 1.66. The largest absolute Gasteiger partial charge is 0.469 e. The van der Waals surface area contributed by atoms with Gasteiger partial charge in [0.25, 0.3) is 11.5 Å². The molecule has 0 spiro atoms. The van der Waals surface area contributed by atoms with Gasteiger partial charge in [-0.1, -0.05) is 28.1 Å². The van der Waals surface area contributed by atoms with Crippen molar-refractivity contribution in [2.75, 3.05) is 7.11 Å². The van der Waals surface area contributed by atoms with Gasteiger partial charge in [0.15, 0.2) is 0 Å². The molecule has 2 aromatic carbocycles. The third-order valence-corrected chi connectivity index (χ3v) is 5.78. The van der Waals surface area contributed by atoms with E-state index in [1.807, 2.05) is 24.3 Å². The zero-order valence-corrected chi connectivity index (χ0v) is 17.9. The van der Waals surface area contributed by atoms with E-state index in [4.69, 9.17) is 4.74 Å². The van der Waals surface area contributed by atoms with Crippen LogP contribution in [-0.4, -0.2) is 28.5 Å². The van der Waals surface area contributed by atoms with Gasteiger partial charge in [-0.3, -0.25) is 19.0 Å². The van der Waals surface area contributed by atoms with Crippen LogP contribution in [0.25, 0.3) is 10.9 Å². The van der Waals surface area contributed by atoms with Gasteiger partial charge in [0.1, 0.15) is 5.82 Å². The number of hydrogen-bond acceptors (Lipinski definition) is 5. The van der Waals surface area contributed by atoms with Gasteiger partial charge in [-0.15, -0.1) is 0 Å². The summed E-state index contributed by atoms with van der Waals surface area (Å²) in [5.41, 5.74) is 1.60. The molecule has 0 aliphatic carbocycles. The fraction of sp³-hybridized carbons (Fsp3) is 0.273. The number of amides is 1. The number of nitrogens with zero attached hydrogens (tertiary/aromatic N) is 2. The number of carbonyl (C=O) groups is 2. The van der Waals surface area contributed by atoms with Crippen molar-refractivity contribution in [2.45, 2.75) is 31.8 Å². The Balaban J connectivity index is 1.64. The van der Waals surface area contributed by atoms with Crippen molar-refractivity contribution in [3.05, 3.63) is 74.2 Å². The second-order valence-electron chi connectivity index (χ2n) is 7.18. The first kappa shape index (κ1) is 20.3. The zero-order chi connectivity index (χ0) is 21.3. The number of ether oxygens (including phenoxy) is 1. The number of benzene rings is 2. The second-order valence-corrected chi connectivity index (χ2v) is 8.09. The van der Waals surface area contributed by atoms with Crippen molar-refractivity contribution in [3.8, 4) is 0 Å². The van der Waals surface area contributed by atoms with E-state index in [-0.39, 0.29) is 17.9 Å². The first-order chi connectivity index (χ1) is 14.5. The highest BCUT2D eigenvalue weighted by Crippen LogP contribution is 2.22. The second kappa shape index (κ2) is 8.39. The molecule has 4 rings (SSSR count). The molecule has 1 aliphatic rings. The Morgan fingerprint density at radius 3 is 2.73 bits per heavy atom. The fourth-order valence-electron chi connectivity index (χ4n) is 3.66. The molecule has 1 atom stereocenters. The minimum absolute atomic E-state index is 0.00452. The van der Waals surface area contributed by atoms with Crippen LogP contribution in [0.3, 0.4) is 0 Å². The molecule has 1 N–H and O–H groups in total. The fourth-order valence-corrected chi connectivity index (χ4v) is 3.93. The number of esters is 1. The molecular formula is C22H20BrN3O4. The monoisotopic (exact) mass is 469 g/mol. The van der Waals surface area contributed by atoms with Crippen LogP contribution >= 0.6 is 15.9 Å². The summed E-state index contributed by atoms with van der Waals surface area (Å²) >= 11 is 3.38. The molecule has 0 fully saturated rings. The highest BCUT2D eigenvalue weighted by Gasteiger charge is 2.21. The van der Waals surface area contributed by atoms with Gasteiger partial charge >= 0.3 is 5.97 Å². The molecule has 0 radical (unpaired) electrons. The van der Waals surface area contributed by atoms with E-state index in [2.05, 4.69) is 26.2 Å². The highest BCUT2D eigenvalue weighted by atomic mass is 79.9. The molecule has 1 aliphatic heterocycles. The average molecular weight is 470 g/mol. The summed E-state index contributed by atoms with van der Waals surface area (Å²) < 4.78 is 7.37. The molecule has 0 saturated carbocycles. The highest BCUT2D eigenvalue weighted by molar-refractivity contribution is 9.10. The summed E-state index contributed by atoms with van der Waals surface area (Å²) in [7, 11) is 1.31. The quantitative estimate of drug-likeness (QED) is 0.579. The molecule has 8 heteroatoms. The molecule has 2 heterocycles.